The van der Waals surface area contributed by atoms with Crippen LogP contribution in [0.5, 0.6) is 0 Å². The van der Waals surface area contributed by atoms with E-state index in [-0.39, 0.29) is 5.92 Å². The van der Waals surface area contributed by atoms with Crippen LogP contribution in [0.15, 0.2) is 49.1 Å². The molecule has 0 aliphatic carbocycles. The number of hydrogen-bond donors (Lipinski definition) is 0. The molecule has 2 aromatic rings. The first-order valence-corrected chi connectivity index (χ1v) is 5.62. The lowest BCUT2D eigenvalue weighted by Crippen LogP contribution is -2.06. The SMILES string of the molecule is C#CC(Cc1ccncc1)Cc1cccnc1. The van der Waals surface area contributed by atoms with E-state index in [0.29, 0.717) is 0 Å². The van der Waals surface area contributed by atoms with Gasteiger partial charge >= 0.3 is 0 Å². The average Bonchev–Trinajstić information content (AvgIpc) is 2.40. The fourth-order valence-electron chi connectivity index (χ4n) is 1.80. The molecule has 17 heavy (non-hydrogen) atoms. The summed E-state index contributed by atoms with van der Waals surface area (Å²) in [5.74, 6) is 3.06. The smallest absolute Gasteiger partial charge is 0.0300 e. The molecule has 2 aromatic heterocycles. The molecule has 2 nitrogen and oxygen atoms in total. The van der Waals surface area contributed by atoms with E-state index in [1.807, 2.05) is 24.4 Å². The zero-order chi connectivity index (χ0) is 11.9. The molecule has 84 valence electrons. The minimum absolute atomic E-state index is 0.210. The van der Waals surface area contributed by atoms with Crippen LogP contribution in [0.1, 0.15) is 11.1 Å². The largest absolute Gasteiger partial charge is 0.265 e. The Hall–Kier alpha value is -2.14. The van der Waals surface area contributed by atoms with E-state index < -0.39 is 0 Å². The summed E-state index contributed by atoms with van der Waals surface area (Å²) in [7, 11) is 0. The molecule has 0 spiro atoms. The maximum atomic E-state index is 5.58. The van der Waals surface area contributed by atoms with Crippen LogP contribution in [0.4, 0.5) is 0 Å². The van der Waals surface area contributed by atoms with Crippen molar-refractivity contribution >= 4 is 0 Å². The minimum Gasteiger partial charge on any atom is -0.265 e. The van der Waals surface area contributed by atoms with Crippen LogP contribution in [0.25, 0.3) is 0 Å². The minimum atomic E-state index is 0.210. The maximum absolute atomic E-state index is 5.58. The van der Waals surface area contributed by atoms with Crippen molar-refractivity contribution in [3.63, 3.8) is 0 Å². The first-order chi connectivity index (χ1) is 8.38. The van der Waals surface area contributed by atoms with Gasteiger partial charge in [-0.25, -0.2) is 0 Å². The lowest BCUT2D eigenvalue weighted by atomic mass is 9.94. The molecule has 0 aliphatic rings. The summed E-state index contributed by atoms with van der Waals surface area (Å²) in [6, 6.07) is 8.01. The maximum Gasteiger partial charge on any atom is 0.0300 e. The molecule has 0 aliphatic heterocycles. The first kappa shape index (κ1) is 11.3. The van der Waals surface area contributed by atoms with Crippen molar-refractivity contribution < 1.29 is 0 Å². The van der Waals surface area contributed by atoms with Gasteiger partial charge in [-0.15, -0.1) is 12.3 Å². The summed E-state index contributed by atoms with van der Waals surface area (Å²) in [6.07, 6.45) is 14.6. The Balaban J connectivity index is 2.01. The predicted octanol–water partition coefficient (Wildman–Crippen LogP) is 2.51. The van der Waals surface area contributed by atoms with Crippen molar-refractivity contribution in [3.8, 4) is 12.3 Å². The monoisotopic (exact) mass is 222 g/mol. The molecule has 0 N–H and O–H groups in total. The van der Waals surface area contributed by atoms with Crippen molar-refractivity contribution in [1.29, 1.82) is 0 Å². The van der Waals surface area contributed by atoms with E-state index in [1.165, 1.54) is 11.1 Å². The Morgan fingerprint density at radius 2 is 1.76 bits per heavy atom. The standard InChI is InChI=1S/C15H14N2/c1-2-13(10-14-5-8-16-9-6-14)11-15-4-3-7-17-12-15/h1,3-9,12-13H,10-11H2. The fraction of sp³-hybridized carbons (Fsp3) is 0.200. The summed E-state index contributed by atoms with van der Waals surface area (Å²) in [4.78, 5) is 8.10. The molecule has 0 saturated heterocycles. The zero-order valence-corrected chi connectivity index (χ0v) is 9.58. The highest BCUT2D eigenvalue weighted by molar-refractivity contribution is 5.17. The van der Waals surface area contributed by atoms with E-state index in [0.717, 1.165) is 12.8 Å². The number of pyridine rings is 2. The quantitative estimate of drug-likeness (QED) is 0.743. The van der Waals surface area contributed by atoms with Crippen molar-refractivity contribution in [2.75, 3.05) is 0 Å². The van der Waals surface area contributed by atoms with Gasteiger partial charge in [-0.3, -0.25) is 9.97 Å². The summed E-state index contributed by atoms with van der Waals surface area (Å²) in [6.45, 7) is 0. The van der Waals surface area contributed by atoms with E-state index in [2.05, 4.69) is 22.0 Å². The van der Waals surface area contributed by atoms with Crippen LogP contribution < -0.4 is 0 Å². The fourth-order valence-corrected chi connectivity index (χ4v) is 1.80. The van der Waals surface area contributed by atoms with E-state index in [4.69, 9.17) is 6.42 Å². The molecular weight excluding hydrogens is 208 g/mol. The summed E-state index contributed by atoms with van der Waals surface area (Å²) in [5, 5.41) is 0. The van der Waals surface area contributed by atoms with Gasteiger partial charge in [0.2, 0.25) is 0 Å². The summed E-state index contributed by atoms with van der Waals surface area (Å²) < 4.78 is 0. The molecule has 0 fully saturated rings. The van der Waals surface area contributed by atoms with Gasteiger partial charge < -0.3 is 0 Å². The third kappa shape index (κ3) is 3.42. The van der Waals surface area contributed by atoms with Crippen LogP contribution in [-0.4, -0.2) is 9.97 Å². The second-order valence-electron chi connectivity index (χ2n) is 3.99. The van der Waals surface area contributed by atoms with Crippen LogP contribution >= 0.6 is 0 Å². The van der Waals surface area contributed by atoms with E-state index in [1.54, 1.807) is 18.6 Å². The normalized spacial score (nSPS) is 11.7. The molecule has 0 amide bonds. The number of hydrogen-bond acceptors (Lipinski definition) is 2. The molecular formula is C15H14N2. The number of rotatable bonds is 4. The first-order valence-electron chi connectivity index (χ1n) is 5.62. The number of nitrogens with zero attached hydrogens (tertiary/aromatic N) is 2. The Morgan fingerprint density at radius 1 is 1.00 bits per heavy atom. The van der Waals surface area contributed by atoms with Crippen LogP contribution in [0, 0.1) is 18.3 Å². The van der Waals surface area contributed by atoms with Gasteiger partial charge in [-0.1, -0.05) is 6.07 Å². The van der Waals surface area contributed by atoms with Gasteiger partial charge in [0.15, 0.2) is 0 Å². The average molecular weight is 222 g/mol. The third-order valence-corrected chi connectivity index (χ3v) is 2.67. The Bertz CT molecular complexity index is 444. The van der Waals surface area contributed by atoms with Crippen molar-refractivity contribution in [2.45, 2.75) is 12.8 Å². The predicted molar refractivity (Wildman–Crippen MR) is 68.2 cm³/mol. The topological polar surface area (TPSA) is 25.8 Å². The molecule has 1 atom stereocenters. The summed E-state index contributed by atoms with van der Waals surface area (Å²) in [5.41, 5.74) is 2.41. The van der Waals surface area contributed by atoms with Gasteiger partial charge in [-0.05, 0) is 42.2 Å². The van der Waals surface area contributed by atoms with Crippen molar-refractivity contribution in [3.05, 3.63) is 60.2 Å². The molecule has 2 rings (SSSR count). The molecule has 0 bridgehead atoms. The zero-order valence-electron chi connectivity index (χ0n) is 9.58. The van der Waals surface area contributed by atoms with Gasteiger partial charge in [0.1, 0.15) is 0 Å². The van der Waals surface area contributed by atoms with Gasteiger partial charge in [0.05, 0.1) is 0 Å². The highest BCUT2D eigenvalue weighted by Crippen LogP contribution is 2.12. The highest BCUT2D eigenvalue weighted by atomic mass is 14.6. The second kappa shape index (κ2) is 5.81. The van der Waals surface area contributed by atoms with Crippen LogP contribution in [0.3, 0.4) is 0 Å². The van der Waals surface area contributed by atoms with Crippen molar-refractivity contribution in [2.24, 2.45) is 5.92 Å². The second-order valence-corrected chi connectivity index (χ2v) is 3.99. The van der Waals surface area contributed by atoms with E-state index in [9.17, 15) is 0 Å². The van der Waals surface area contributed by atoms with Gasteiger partial charge in [0, 0.05) is 30.7 Å². The molecule has 0 aromatic carbocycles. The molecule has 1 unspecified atom stereocenters. The third-order valence-electron chi connectivity index (χ3n) is 2.67. The Kier molecular flexibility index (Phi) is 3.88. The van der Waals surface area contributed by atoms with Gasteiger partial charge in [-0.2, -0.15) is 0 Å². The molecule has 2 heteroatoms. The molecule has 2 heterocycles. The number of terminal acetylenes is 1. The highest BCUT2D eigenvalue weighted by Gasteiger charge is 2.07. The lowest BCUT2D eigenvalue weighted by molar-refractivity contribution is 0.665. The van der Waals surface area contributed by atoms with Crippen LogP contribution in [-0.2, 0) is 12.8 Å². The number of aromatic nitrogens is 2. The Morgan fingerprint density at radius 3 is 2.41 bits per heavy atom. The lowest BCUT2D eigenvalue weighted by Gasteiger charge is -2.10. The van der Waals surface area contributed by atoms with Crippen LogP contribution in [0.2, 0.25) is 0 Å². The molecule has 0 saturated carbocycles. The summed E-state index contributed by atoms with van der Waals surface area (Å²) >= 11 is 0. The molecule has 0 radical (unpaired) electrons. The van der Waals surface area contributed by atoms with Gasteiger partial charge in [0.25, 0.3) is 0 Å². The Labute approximate surface area is 102 Å². The van der Waals surface area contributed by atoms with Crippen molar-refractivity contribution in [1.82, 2.24) is 9.97 Å². The van der Waals surface area contributed by atoms with E-state index >= 15 is 0 Å².